The van der Waals surface area contributed by atoms with E-state index in [4.69, 9.17) is 5.26 Å². The predicted molar refractivity (Wildman–Crippen MR) is 57.5 cm³/mol. The van der Waals surface area contributed by atoms with Gasteiger partial charge in [-0.25, -0.2) is 0 Å². The quantitative estimate of drug-likeness (QED) is 0.673. The number of nitriles is 1. The Labute approximate surface area is 84.0 Å². The molecule has 1 atom stereocenters. The molecule has 0 aliphatic carbocycles. The van der Waals surface area contributed by atoms with E-state index >= 15 is 0 Å². The second-order valence-electron chi connectivity index (χ2n) is 3.68. The maximum absolute atomic E-state index is 8.80. The van der Waals surface area contributed by atoms with Crippen LogP contribution in [0.3, 0.4) is 0 Å². The van der Waals surface area contributed by atoms with Crippen molar-refractivity contribution in [3.63, 3.8) is 0 Å². The summed E-state index contributed by atoms with van der Waals surface area (Å²) >= 11 is 0. The molecular weight excluding hydrogens is 174 g/mol. The Morgan fingerprint density at radius 3 is 3.07 bits per heavy atom. The summed E-state index contributed by atoms with van der Waals surface area (Å²) in [4.78, 5) is 2.20. The van der Waals surface area contributed by atoms with E-state index < -0.39 is 0 Å². The van der Waals surface area contributed by atoms with Crippen LogP contribution in [0.15, 0.2) is 18.2 Å². The van der Waals surface area contributed by atoms with E-state index in [-0.39, 0.29) is 0 Å². The molecule has 2 rings (SSSR count). The maximum Gasteiger partial charge on any atom is 0.0992 e. The predicted octanol–water partition coefficient (Wildman–Crippen LogP) is 1.81. The minimum Gasteiger partial charge on any atom is -0.381 e. The molecule has 1 aromatic rings. The first-order chi connectivity index (χ1) is 6.72. The lowest BCUT2D eigenvalue weighted by Crippen LogP contribution is -2.39. The zero-order valence-corrected chi connectivity index (χ0v) is 8.41. The van der Waals surface area contributed by atoms with E-state index in [2.05, 4.69) is 30.3 Å². The summed E-state index contributed by atoms with van der Waals surface area (Å²) < 4.78 is 0. The fourth-order valence-electron chi connectivity index (χ4n) is 1.67. The lowest BCUT2D eigenvalue weighted by atomic mass is 10.1. The van der Waals surface area contributed by atoms with Crippen molar-refractivity contribution in [3.05, 3.63) is 23.8 Å². The van der Waals surface area contributed by atoms with Crippen molar-refractivity contribution in [1.29, 1.82) is 5.26 Å². The van der Waals surface area contributed by atoms with E-state index in [0.717, 1.165) is 17.9 Å². The van der Waals surface area contributed by atoms with Gasteiger partial charge in [0.15, 0.2) is 0 Å². The molecule has 3 nitrogen and oxygen atoms in total. The van der Waals surface area contributed by atoms with Crippen molar-refractivity contribution < 1.29 is 0 Å². The first kappa shape index (κ1) is 8.89. The molecule has 0 saturated carbocycles. The summed E-state index contributed by atoms with van der Waals surface area (Å²) in [6.45, 7) is 3.12. The summed E-state index contributed by atoms with van der Waals surface area (Å²) in [5, 5.41) is 12.1. The average Bonchev–Trinajstić information content (AvgIpc) is 2.23. The van der Waals surface area contributed by atoms with Crippen molar-refractivity contribution >= 4 is 11.4 Å². The highest BCUT2D eigenvalue weighted by Crippen LogP contribution is 2.30. The van der Waals surface area contributed by atoms with E-state index in [1.165, 1.54) is 0 Å². The highest BCUT2D eigenvalue weighted by atomic mass is 15.2. The lowest BCUT2D eigenvalue weighted by Gasteiger charge is -2.34. The smallest absolute Gasteiger partial charge is 0.0992 e. The molecule has 0 amide bonds. The van der Waals surface area contributed by atoms with Crippen LogP contribution in [0, 0.1) is 11.3 Å². The molecule has 1 aliphatic heterocycles. The number of nitrogens with zero attached hydrogens (tertiary/aromatic N) is 2. The third-order valence-corrected chi connectivity index (χ3v) is 2.76. The minimum atomic E-state index is 0.469. The van der Waals surface area contributed by atoms with Gasteiger partial charge in [0.2, 0.25) is 0 Å². The van der Waals surface area contributed by atoms with Crippen molar-refractivity contribution in [1.82, 2.24) is 0 Å². The van der Waals surface area contributed by atoms with Crippen LogP contribution in [-0.4, -0.2) is 19.6 Å². The zero-order chi connectivity index (χ0) is 10.1. The van der Waals surface area contributed by atoms with Crippen molar-refractivity contribution in [2.24, 2.45) is 0 Å². The van der Waals surface area contributed by atoms with Crippen LogP contribution in [0.25, 0.3) is 0 Å². The molecule has 1 aliphatic rings. The molecule has 0 spiro atoms. The minimum absolute atomic E-state index is 0.469. The fraction of sp³-hybridized carbons (Fsp3) is 0.364. The number of nitrogens with one attached hydrogen (secondary N) is 1. The highest BCUT2D eigenvalue weighted by Gasteiger charge is 2.19. The van der Waals surface area contributed by atoms with Crippen LogP contribution >= 0.6 is 0 Å². The molecule has 1 N–H and O–H groups in total. The first-order valence-corrected chi connectivity index (χ1v) is 4.73. The molecular formula is C11H13N3. The summed E-state index contributed by atoms with van der Waals surface area (Å²) in [6, 6.07) is 8.37. The molecule has 1 unspecified atom stereocenters. The Bertz CT molecular complexity index is 392. The normalized spacial score (nSPS) is 19.5. The van der Waals surface area contributed by atoms with Gasteiger partial charge in [0.1, 0.15) is 0 Å². The van der Waals surface area contributed by atoms with Gasteiger partial charge in [-0.15, -0.1) is 0 Å². The molecule has 0 radical (unpaired) electrons. The Hall–Kier alpha value is -1.69. The first-order valence-electron chi connectivity index (χ1n) is 4.73. The van der Waals surface area contributed by atoms with Gasteiger partial charge in [-0.2, -0.15) is 5.26 Å². The number of hydrogen-bond donors (Lipinski definition) is 1. The maximum atomic E-state index is 8.80. The number of fused-ring (bicyclic) bond motifs is 1. The molecule has 14 heavy (non-hydrogen) atoms. The standard InChI is InChI=1S/C11H13N3/c1-8-7-13-10-4-3-9(6-12)5-11(10)14(8)2/h3-5,8,13H,7H2,1-2H3. The van der Waals surface area contributed by atoms with Gasteiger partial charge in [0.05, 0.1) is 23.0 Å². The van der Waals surface area contributed by atoms with Crippen LogP contribution in [0.1, 0.15) is 12.5 Å². The second kappa shape index (κ2) is 3.22. The monoisotopic (exact) mass is 187 g/mol. The molecule has 72 valence electrons. The van der Waals surface area contributed by atoms with Gasteiger partial charge in [-0.1, -0.05) is 0 Å². The van der Waals surface area contributed by atoms with E-state index in [9.17, 15) is 0 Å². The third kappa shape index (κ3) is 1.29. The Morgan fingerprint density at radius 1 is 1.57 bits per heavy atom. The number of anilines is 2. The van der Waals surface area contributed by atoms with Crippen LogP contribution in [0.5, 0.6) is 0 Å². The lowest BCUT2D eigenvalue weighted by molar-refractivity contribution is 0.699. The second-order valence-corrected chi connectivity index (χ2v) is 3.68. The van der Waals surface area contributed by atoms with E-state index in [1.54, 1.807) is 0 Å². The molecule has 3 heteroatoms. The van der Waals surface area contributed by atoms with Crippen LogP contribution in [0.2, 0.25) is 0 Å². The van der Waals surface area contributed by atoms with Crippen LogP contribution in [0.4, 0.5) is 11.4 Å². The fourth-order valence-corrected chi connectivity index (χ4v) is 1.67. The van der Waals surface area contributed by atoms with Gasteiger partial charge in [-0.3, -0.25) is 0 Å². The molecule has 1 heterocycles. The zero-order valence-electron chi connectivity index (χ0n) is 8.41. The Kier molecular flexibility index (Phi) is 2.05. The average molecular weight is 187 g/mol. The van der Waals surface area contributed by atoms with Crippen molar-refractivity contribution in [3.8, 4) is 6.07 Å². The van der Waals surface area contributed by atoms with Gasteiger partial charge in [-0.05, 0) is 25.1 Å². The SMILES string of the molecule is CC1CNc2ccc(C#N)cc2N1C. The number of rotatable bonds is 0. The Balaban J connectivity index is 2.47. The van der Waals surface area contributed by atoms with E-state index in [1.807, 2.05) is 18.2 Å². The van der Waals surface area contributed by atoms with Gasteiger partial charge in [0, 0.05) is 19.6 Å². The molecule has 1 aromatic carbocycles. The number of benzene rings is 1. The summed E-state index contributed by atoms with van der Waals surface area (Å²) in [5.74, 6) is 0. The molecule has 0 saturated heterocycles. The van der Waals surface area contributed by atoms with Crippen molar-refractivity contribution in [2.75, 3.05) is 23.8 Å². The van der Waals surface area contributed by atoms with Crippen molar-refractivity contribution in [2.45, 2.75) is 13.0 Å². The summed E-state index contributed by atoms with van der Waals surface area (Å²) in [5.41, 5.74) is 2.94. The highest BCUT2D eigenvalue weighted by molar-refractivity contribution is 5.74. The number of likely N-dealkylation sites (N-methyl/N-ethyl adjacent to an activating group) is 1. The number of hydrogen-bond acceptors (Lipinski definition) is 3. The van der Waals surface area contributed by atoms with Gasteiger partial charge in [0.25, 0.3) is 0 Å². The van der Waals surface area contributed by atoms with Crippen LogP contribution < -0.4 is 10.2 Å². The third-order valence-electron chi connectivity index (χ3n) is 2.76. The topological polar surface area (TPSA) is 39.1 Å². The van der Waals surface area contributed by atoms with E-state index in [0.29, 0.717) is 11.6 Å². The Morgan fingerprint density at radius 2 is 2.36 bits per heavy atom. The summed E-state index contributed by atoms with van der Waals surface area (Å²) in [6.07, 6.45) is 0. The van der Waals surface area contributed by atoms with Gasteiger partial charge < -0.3 is 10.2 Å². The van der Waals surface area contributed by atoms with Gasteiger partial charge >= 0.3 is 0 Å². The molecule has 0 aromatic heterocycles. The van der Waals surface area contributed by atoms with Crippen LogP contribution in [-0.2, 0) is 0 Å². The largest absolute Gasteiger partial charge is 0.381 e. The molecule has 0 bridgehead atoms. The molecule has 0 fully saturated rings. The summed E-state index contributed by atoms with van der Waals surface area (Å²) in [7, 11) is 2.06.